The average Bonchev–Trinajstić information content (AvgIpc) is 2.96. The van der Waals surface area contributed by atoms with E-state index in [0.29, 0.717) is 45.1 Å². The Bertz CT molecular complexity index is 1100. The summed E-state index contributed by atoms with van der Waals surface area (Å²) < 4.78 is 0. The van der Waals surface area contributed by atoms with Crippen LogP contribution in [-0.2, 0) is 0 Å². The van der Waals surface area contributed by atoms with E-state index in [-0.39, 0.29) is 23.0 Å². The zero-order chi connectivity index (χ0) is 21.3. The second-order valence-corrected chi connectivity index (χ2v) is 8.04. The number of fused-ring (bicyclic) bond motifs is 1. The van der Waals surface area contributed by atoms with Gasteiger partial charge >= 0.3 is 0 Å². The maximum Gasteiger partial charge on any atom is 0.251 e. The Morgan fingerprint density at radius 1 is 1.31 bits per heavy atom. The molecule has 9 heteroatoms. The van der Waals surface area contributed by atoms with Gasteiger partial charge in [-0.3, -0.25) is 10.2 Å². The molecule has 0 aliphatic rings. The molecule has 0 saturated carbocycles. The predicted octanol–water partition coefficient (Wildman–Crippen LogP) is 3.57. The predicted molar refractivity (Wildman–Crippen MR) is 117 cm³/mol. The Morgan fingerprint density at radius 3 is 2.69 bits per heavy atom. The van der Waals surface area contributed by atoms with E-state index in [1.54, 1.807) is 18.2 Å². The van der Waals surface area contributed by atoms with Crippen molar-refractivity contribution in [2.75, 3.05) is 17.6 Å². The first-order valence-electron chi connectivity index (χ1n) is 9.19. The lowest BCUT2D eigenvalue weighted by molar-refractivity contribution is 0.0956. The van der Waals surface area contributed by atoms with Gasteiger partial charge in [0, 0.05) is 28.6 Å². The zero-order valence-electron chi connectivity index (χ0n) is 16.8. The highest BCUT2D eigenvalue weighted by atomic mass is 35.5. The van der Waals surface area contributed by atoms with Crippen LogP contribution in [0.1, 0.15) is 49.3 Å². The van der Waals surface area contributed by atoms with E-state index in [1.165, 1.54) is 6.33 Å². The first-order chi connectivity index (χ1) is 13.6. The van der Waals surface area contributed by atoms with Crippen molar-refractivity contribution >= 4 is 45.8 Å². The van der Waals surface area contributed by atoms with E-state index >= 15 is 0 Å². The van der Waals surface area contributed by atoms with Gasteiger partial charge in [-0.2, -0.15) is 0 Å². The normalized spacial score (nSPS) is 11.5. The van der Waals surface area contributed by atoms with Crippen molar-refractivity contribution in [2.45, 2.75) is 33.2 Å². The van der Waals surface area contributed by atoms with Gasteiger partial charge in [0.1, 0.15) is 18.0 Å². The number of nitrogen functional groups attached to an aromatic ring is 1. The molecule has 3 aromatic rings. The van der Waals surface area contributed by atoms with E-state index in [1.807, 2.05) is 27.7 Å². The Labute approximate surface area is 173 Å². The van der Waals surface area contributed by atoms with Crippen molar-refractivity contribution in [3.05, 3.63) is 46.4 Å². The molecule has 29 heavy (non-hydrogen) atoms. The SMILES string of the molecule is CCNC(=O)c1ccc2c(Cl)c(C(=N)c3c(N)ncnc3NC(C)(C)C)[nH]c2c1. The van der Waals surface area contributed by atoms with Crippen LogP contribution in [0.25, 0.3) is 10.9 Å². The summed E-state index contributed by atoms with van der Waals surface area (Å²) in [7, 11) is 0. The van der Waals surface area contributed by atoms with E-state index in [4.69, 9.17) is 22.7 Å². The summed E-state index contributed by atoms with van der Waals surface area (Å²) in [5.74, 6) is 0.455. The molecule has 152 valence electrons. The number of rotatable bonds is 5. The standard InChI is InChI=1S/C20H24ClN7O/c1-5-24-19(29)10-6-7-11-12(8-10)27-16(14(11)21)15(22)13-17(23)25-9-26-18(13)28-20(2,3)4/h6-9,22,27H,5H2,1-4H3,(H,24,29)(H3,23,25,26,28). The minimum Gasteiger partial charge on any atom is -0.383 e. The maximum atomic E-state index is 12.1. The topological polar surface area (TPSA) is 133 Å². The van der Waals surface area contributed by atoms with Crippen LogP contribution in [0.3, 0.4) is 0 Å². The number of nitrogens with one attached hydrogen (secondary N) is 4. The van der Waals surface area contributed by atoms with E-state index in [2.05, 4.69) is 25.6 Å². The maximum absolute atomic E-state index is 12.1. The molecule has 0 atom stereocenters. The molecule has 0 fully saturated rings. The first kappa shape index (κ1) is 20.6. The fourth-order valence-electron chi connectivity index (χ4n) is 2.96. The molecule has 0 bridgehead atoms. The number of nitrogens with two attached hydrogens (primary N) is 1. The molecule has 0 aliphatic carbocycles. The highest BCUT2D eigenvalue weighted by Crippen LogP contribution is 2.32. The van der Waals surface area contributed by atoms with Crippen LogP contribution < -0.4 is 16.4 Å². The van der Waals surface area contributed by atoms with Crippen LogP contribution in [0.2, 0.25) is 5.02 Å². The molecule has 0 radical (unpaired) electrons. The highest BCUT2D eigenvalue weighted by molar-refractivity contribution is 6.40. The van der Waals surface area contributed by atoms with Crippen molar-refractivity contribution in [2.24, 2.45) is 0 Å². The molecular weight excluding hydrogens is 390 g/mol. The minimum absolute atomic E-state index is 0.0654. The molecule has 0 spiro atoms. The van der Waals surface area contributed by atoms with E-state index < -0.39 is 0 Å². The monoisotopic (exact) mass is 413 g/mol. The third-order valence-corrected chi connectivity index (χ3v) is 4.60. The number of aromatic amines is 1. The largest absolute Gasteiger partial charge is 0.383 e. The summed E-state index contributed by atoms with van der Waals surface area (Å²) in [6.07, 6.45) is 1.35. The third kappa shape index (κ3) is 4.17. The summed E-state index contributed by atoms with van der Waals surface area (Å²) in [6, 6.07) is 5.17. The lowest BCUT2D eigenvalue weighted by atomic mass is 10.1. The molecule has 2 aromatic heterocycles. The number of hydrogen-bond donors (Lipinski definition) is 5. The summed E-state index contributed by atoms with van der Waals surface area (Å²) >= 11 is 6.56. The molecule has 3 rings (SSSR count). The zero-order valence-corrected chi connectivity index (χ0v) is 17.5. The fourth-order valence-corrected chi connectivity index (χ4v) is 3.27. The van der Waals surface area contributed by atoms with Gasteiger partial charge in [-0.1, -0.05) is 17.7 Å². The number of anilines is 2. The van der Waals surface area contributed by atoms with Gasteiger partial charge in [0.05, 0.1) is 22.0 Å². The fraction of sp³-hybridized carbons (Fsp3) is 0.300. The van der Waals surface area contributed by atoms with Crippen molar-refractivity contribution in [3.63, 3.8) is 0 Å². The number of amides is 1. The van der Waals surface area contributed by atoms with Gasteiger partial charge < -0.3 is 21.4 Å². The van der Waals surface area contributed by atoms with Crippen LogP contribution in [-0.4, -0.2) is 38.7 Å². The quantitative estimate of drug-likeness (QED) is 0.408. The number of carbonyl (C=O) groups is 1. The van der Waals surface area contributed by atoms with E-state index in [9.17, 15) is 4.79 Å². The number of halogens is 1. The van der Waals surface area contributed by atoms with Crippen molar-refractivity contribution in [1.29, 1.82) is 5.41 Å². The van der Waals surface area contributed by atoms with E-state index in [0.717, 1.165) is 0 Å². The molecule has 0 aliphatic heterocycles. The van der Waals surface area contributed by atoms with Gasteiger partial charge in [-0.15, -0.1) is 0 Å². The number of nitrogens with zero attached hydrogens (tertiary/aromatic N) is 2. The first-order valence-corrected chi connectivity index (χ1v) is 9.57. The van der Waals surface area contributed by atoms with Crippen LogP contribution in [0.15, 0.2) is 24.5 Å². The Morgan fingerprint density at radius 2 is 2.03 bits per heavy atom. The van der Waals surface area contributed by atoms with Crippen molar-refractivity contribution in [1.82, 2.24) is 20.3 Å². The van der Waals surface area contributed by atoms with Gasteiger partial charge in [-0.25, -0.2) is 9.97 Å². The van der Waals surface area contributed by atoms with Gasteiger partial charge in [0.2, 0.25) is 0 Å². The van der Waals surface area contributed by atoms with Crippen LogP contribution in [0.4, 0.5) is 11.6 Å². The molecule has 6 N–H and O–H groups in total. The second-order valence-electron chi connectivity index (χ2n) is 7.67. The minimum atomic E-state index is -0.290. The number of hydrogen-bond acceptors (Lipinski definition) is 6. The number of carbonyl (C=O) groups excluding carboxylic acids is 1. The van der Waals surface area contributed by atoms with Crippen molar-refractivity contribution < 1.29 is 4.79 Å². The molecular formula is C20H24ClN7O. The van der Waals surface area contributed by atoms with Crippen LogP contribution in [0.5, 0.6) is 0 Å². The molecule has 0 unspecified atom stereocenters. The number of H-pyrrole nitrogens is 1. The Balaban J connectivity index is 2.09. The molecule has 8 nitrogen and oxygen atoms in total. The number of aromatic nitrogens is 3. The molecule has 1 amide bonds. The smallest absolute Gasteiger partial charge is 0.251 e. The van der Waals surface area contributed by atoms with Crippen molar-refractivity contribution in [3.8, 4) is 0 Å². The average molecular weight is 414 g/mol. The summed E-state index contributed by atoms with van der Waals surface area (Å²) in [5.41, 5.74) is 7.76. The molecule has 2 heterocycles. The van der Waals surface area contributed by atoms with Crippen LogP contribution in [0, 0.1) is 5.41 Å². The highest BCUT2D eigenvalue weighted by Gasteiger charge is 2.23. The molecule has 1 aromatic carbocycles. The van der Waals surface area contributed by atoms with Gasteiger partial charge in [0.25, 0.3) is 5.91 Å². The third-order valence-electron chi connectivity index (χ3n) is 4.20. The second kappa shape index (κ2) is 7.71. The number of benzene rings is 1. The lowest BCUT2D eigenvalue weighted by Gasteiger charge is -2.23. The Hall–Kier alpha value is -3.13. The van der Waals surface area contributed by atoms with Gasteiger partial charge in [-0.05, 0) is 39.8 Å². The molecule has 0 saturated heterocycles. The van der Waals surface area contributed by atoms with Gasteiger partial charge in [0.15, 0.2) is 0 Å². The summed E-state index contributed by atoms with van der Waals surface area (Å²) in [4.78, 5) is 23.6. The summed E-state index contributed by atoms with van der Waals surface area (Å²) in [5, 5.41) is 15.8. The lowest BCUT2D eigenvalue weighted by Crippen LogP contribution is -2.28. The Kier molecular flexibility index (Phi) is 5.48. The van der Waals surface area contributed by atoms with Crippen LogP contribution >= 0.6 is 11.6 Å². The summed E-state index contributed by atoms with van der Waals surface area (Å²) in [6.45, 7) is 8.35.